The third-order valence-corrected chi connectivity index (χ3v) is 6.32. The van der Waals surface area contributed by atoms with Gasteiger partial charge in [0.25, 0.3) is 0 Å². The van der Waals surface area contributed by atoms with Crippen LogP contribution in [0.1, 0.15) is 51.1 Å². The van der Waals surface area contributed by atoms with Gasteiger partial charge in [-0.1, -0.05) is 32.9 Å². The van der Waals surface area contributed by atoms with E-state index in [2.05, 4.69) is 37.8 Å². The van der Waals surface area contributed by atoms with E-state index in [1.165, 1.54) is 5.75 Å². The Morgan fingerprint density at radius 2 is 2.05 bits per heavy atom. The molecule has 3 unspecified atom stereocenters. The summed E-state index contributed by atoms with van der Waals surface area (Å²) in [6.45, 7) is 8.83. The Morgan fingerprint density at radius 1 is 1.35 bits per heavy atom. The summed E-state index contributed by atoms with van der Waals surface area (Å²) in [4.78, 5) is 4.56. The topological polar surface area (TPSA) is 64.9 Å². The van der Waals surface area contributed by atoms with E-state index in [4.69, 9.17) is 10.3 Å². The molecule has 2 heterocycles. The predicted molar refractivity (Wildman–Crippen MR) is 87.2 cm³/mol. The maximum Gasteiger partial charge on any atom is 0.228 e. The van der Waals surface area contributed by atoms with Crippen LogP contribution >= 0.6 is 23.5 Å². The molecule has 0 aromatic carbocycles. The second kappa shape index (κ2) is 6.71. The Bertz CT molecular complexity index is 430. The van der Waals surface area contributed by atoms with Crippen molar-refractivity contribution in [3.8, 4) is 0 Å². The molecule has 0 saturated carbocycles. The molecule has 2 rings (SSSR count). The molecule has 1 aliphatic heterocycles. The lowest BCUT2D eigenvalue weighted by molar-refractivity contribution is 0.312. The smallest absolute Gasteiger partial charge is 0.228 e. The van der Waals surface area contributed by atoms with Crippen LogP contribution in [-0.4, -0.2) is 32.9 Å². The SMILES string of the molecule is CC1SCCSC1c1noc(CC(N)CC(C)(C)C)n1. The summed E-state index contributed by atoms with van der Waals surface area (Å²) in [7, 11) is 0. The van der Waals surface area contributed by atoms with Crippen molar-refractivity contribution in [1.29, 1.82) is 0 Å². The zero-order valence-electron chi connectivity index (χ0n) is 12.8. The Labute approximate surface area is 130 Å². The molecule has 0 aliphatic carbocycles. The second-order valence-electron chi connectivity index (χ2n) is 6.64. The maximum absolute atomic E-state index is 6.17. The van der Waals surface area contributed by atoms with E-state index in [1.54, 1.807) is 0 Å². The first-order valence-corrected chi connectivity index (χ1v) is 9.26. The lowest BCUT2D eigenvalue weighted by Crippen LogP contribution is -2.28. The molecule has 1 aliphatic rings. The first-order chi connectivity index (χ1) is 9.35. The molecule has 1 aromatic heterocycles. The molecular formula is C14H25N3OS2. The average molecular weight is 316 g/mol. The number of nitrogens with two attached hydrogens (primary N) is 1. The fourth-order valence-corrected chi connectivity index (χ4v) is 5.15. The van der Waals surface area contributed by atoms with Gasteiger partial charge in [-0.05, 0) is 11.8 Å². The van der Waals surface area contributed by atoms with E-state index in [-0.39, 0.29) is 11.5 Å². The van der Waals surface area contributed by atoms with Crippen LogP contribution in [0.2, 0.25) is 0 Å². The largest absolute Gasteiger partial charge is 0.339 e. The van der Waals surface area contributed by atoms with Gasteiger partial charge in [-0.15, -0.1) is 11.8 Å². The molecule has 6 heteroatoms. The molecule has 20 heavy (non-hydrogen) atoms. The first-order valence-electron chi connectivity index (χ1n) is 7.16. The van der Waals surface area contributed by atoms with Crippen molar-refractivity contribution in [2.24, 2.45) is 11.1 Å². The molecule has 3 atom stereocenters. The number of thioether (sulfide) groups is 2. The standard InChI is InChI=1S/C14H25N3OS2/c1-9-12(20-6-5-19-9)13-16-11(18-17-13)7-10(15)8-14(2,3)4/h9-10,12H,5-8,15H2,1-4H3. The van der Waals surface area contributed by atoms with Gasteiger partial charge in [0.15, 0.2) is 5.82 Å². The lowest BCUT2D eigenvalue weighted by atomic mass is 9.87. The number of hydrogen-bond donors (Lipinski definition) is 1. The van der Waals surface area contributed by atoms with E-state index in [1.807, 2.05) is 23.5 Å². The van der Waals surface area contributed by atoms with Crippen molar-refractivity contribution < 1.29 is 4.52 Å². The van der Waals surface area contributed by atoms with Gasteiger partial charge >= 0.3 is 0 Å². The fourth-order valence-electron chi connectivity index (χ4n) is 2.47. The zero-order valence-corrected chi connectivity index (χ0v) is 14.4. The van der Waals surface area contributed by atoms with Gasteiger partial charge in [-0.2, -0.15) is 16.7 Å². The highest BCUT2D eigenvalue weighted by Gasteiger charge is 2.28. The van der Waals surface area contributed by atoms with Crippen LogP contribution in [0.5, 0.6) is 0 Å². The minimum absolute atomic E-state index is 0.0779. The lowest BCUT2D eigenvalue weighted by Gasteiger charge is -2.24. The van der Waals surface area contributed by atoms with Crippen molar-refractivity contribution in [3.05, 3.63) is 11.7 Å². The molecule has 114 valence electrons. The van der Waals surface area contributed by atoms with Crippen LogP contribution in [-0.2, 0) is 6.42 Å². The highest BCUT2D eigenvalue weighted by molar-refractivity contribution is 8.06. The van der Waals surface area contributed by atoms with Crippen LogP contribution in [0.4, 0.5) is 0 Å². The quantitative estimate of drug-likeness (QED) is 0.920. The minimum Gasteiger partial charge on any atom is -0.339 e. The molecule has 1 fully saturated rings. The summed E-state index contributed by atoms with van der Waals surface area (Å²) in [6.07, 6.45) is 1.62. The Morgan fingerprint density at radius 3 is 2.70 bits per heavy atom. The Balaban J connectivity index is 1.95. The van der Waals surface area contributed by atoms with Gasteiger partial charge < -0.3 is 10.3 Å². The summed E-state index contributed by atoms with van der Waals surface area (Å²) < 4.78 is 5.39. The van der Waals surface area contributed by atoms with Crippen molar-refractivity contribution in [1.82, 2.24) is 10.1 Å². The summed E-state index contributed by atoms with van der Waals surface area (Å²) in [5.41, 5.74) is 6.40. The molecule has 0 amide bonds. The molecule has 2 N–H and O–H groups in total. The van der Waals surface area contributed by atoms with Gasteiger partial charge in [0.1, 0.15) is 0 Å². The highest BCUT2D eigenvalue weighted by atomic mass is 32.2. The van der Waals surface area contributed by atoms with Crippen molar-refractivity contribution in [2.45, 2.75) is 57.1 Å². The number of rotatable bonds is 4. The Kier molecular flexibility index (Phi) is 5.42. The normalized spacial score (nSPS) is 25.6. The van der Waals surface area contributed by atoms with E-state index in [0.29, 0.717) is 22.8 Å². The summed E-state index contributed by atoms with van der Waals surface area (Å²) in [5.74, 6) is 3.89. The fraction of sp³-hybridized carbons (Fsp3) is 0.857. The average Bonchev–Trinajstić information content (AvgIpc) is 2.75. The molecule has 0 bridgehead atoms. The van der Waals surface area contributed by atoms with Gasteiger partial charge in [0.2, 0.25) is 5.89 Å². The van der Waals surface area contributed by atoms with E-state index < -0.39 is 0 Å². The summed E-state index contributed by atoms with van der Waals surface area (Å²) in [5, 5.41) is 5.06. The second-order valence-corrected chi connectivity index (χ2v) is 9.38. The minimum atomic E-state index is 0.0779. The first kappa shape index (κ1) is 16.2. The van der Waals surface area contributed by atoms with Crippen LogP contribution < -0.4 is 5.73 Å². The highest BCUT2D eigenvalue weighted by Crippen LogP contribution is 2.41. The van der Waals surface area contributed by atoms with Gasteiger partial charge in [0, 0.05) is 29.2 Å². The maximum atomic E-state index is 6.17. The zero-order chi connectivity index (χ0) is 14.8. The van der Waals surface area contributed by atoms with Crippen LogP contribution in [0.15, 0.2) is 4.52 Å². The molecule has 1 saturated heterocycles. The van der Waals surface area contributed by atoms with Gasteiger partial charge in [-0.25, -0.2) is 0 Å². The summed E-state index contributed by atoms with van der Waals surface area (Å²) >= 11 is 3.91. The van der Waals surface area contributed by atoms with Crippen molar-refractivity contribution in [2.75, 3.05) is 11.5 Å². The predicted octanol–water partition coefficient (Wildman–Crippen LogP) is 3.29. The van der Waals surface area contributed by atoms with Gasteiger partial charge in [0.05, 0.1) is 5.25 Å². The number of hydrogen-bond acceptors (Lipinski definition) is 6. The molecule has 0 radical (unpaired) electrons. The van der Waals surface area contributed by atoms with Crippen molar-refractivity contribution >= 4 is 23.5 Å². The van der Waals surface area contributed by atoms with Crippen molar-refractivity contribution in [3.63, 3.8) is 0 Å². The van der Waals surface area contributed by atoms with E-state index in [0.717, 1.165) is 18.0 Å². The molecule has 1 aromatic rings. The molecule has 4 nitrogen and oxygen atoms in total. The monoisotopic (exact) mass is 315 g/mol. The van der Waals surface area contributed by atoms with Crippen LogP contribution in [0.3, 0.4) is 0 Å². The third-order valence-electron chi connectivity index (χ3n) is 3.24. The molecular weight excluding hydrogens is 290 g/mol. The molecule has 0 spiro atoms. The van der Waals surface area contributed by atoms with Crippen LogP contribution in [0, 0.1) is 5.41 Å². The van der Waals surface area contributed by atoms with Gasteiger partial charge in [-0.3, -0.25) is 0 Å². The van der Waals surface area contributed by atoms with E-state index >= 15 is 0 Å². The third kappa shape index (κ3) is 4.67. The van der Waals surface area contributed by atoms with Crippen LogP contribution in [0.25, 0.3) is 0 Å². The number of aromatic nitrogens is 2. The van der Waals surface area contributed by atoms with E-state index in [9.17, 15) is 0 Å². The summed E-state index contributed by atoms with van der Waals surface area (Å²) in [6, 6.07) is 0.0779. The Hall–Kier alpha value is -0.200. The number of nitrogens with zero attached hydrogens (tertiary/aromatic N) is 2.